The van der Waals surface area contributed by atoms with Gasteiger partial charge in [0.25, 0.3) is 0 Å². The standard InChI is InChI=1S/C15H21N3S2/c1-3-10-8-12-14(16-2)17-13(18-15(12)20-10)9-19-11-6-4-5-7-11/h8,11H,3-7,9H2,1-2H3,(H,16,17,18). The number of thioether (sulfide) groups is 1. The zero-order valence-corrected chi connectivity index (χ0v) is 13.7. The highest BCUT2D eigenvalue weighted by Crippen LogP contribution is 2.33. The fourth-order valence-electron chi connectivity index (χ4n) is 2.69. The molecule has 2 aromatic rings. The minimum absolute atomic E-state index is 0.821. The first kappa shape index (κ1) is 14.1. The van der Waals surface area contributed by atoms with Gasteiger partial charge in [0.05, 0.1) is 11.1 Å². The van der Waals surface area contributed by atoms with E-state index >= 15 is 0 Å². The van der Waals surface area contributed by atoms with Gasteiger partial charge in [0.2, 0.25) is 0 Å². The molecule has 3 rings (SSSR count). The van der Waals surface area contributed by atoms with Crippen molar-refractivity contribution in [1.29, 1.82) is 0 Å². The van der Waals surface area contributed by atoms with Crippen molar-refractivity contribution >= 4 is 39.1 Å². The highest BCUT2D eigenvalue weighted by atomic mass is 32.2. The van der Waals surface area contributed by atoms with Crippen molar-refractivity contribution in [3.63, 3.8) is 0 Å². The van der Waals surface area contributed by atoms with Gasteiger partial charge in [-0.2, -0.15) is 11.8 Å². The number of aryl methyl sites for hydroxylation is 1. The summed E-state index contributed by atoms with van der Waals surface area (Å²) >= 11 is 3.83. The molecule has 1 N–H and O–H groups in total. The van der Waals surface area contributed by atoms with Gasteiger partial charge in [0.15, 0.2) is 0 Å². The van der Waals surface area contributed by atoms with Crippen molar-refractivity contribution in [3.05, 3.63) is 16.8 Å². The molecule has 1 aliphatic rings. The summed E-state index contributed by atoms with van der Waals surface area (Å²) < 4.78 is 0. The van der Waals surface area contributed by atoms with E-state index in [0.29, 0.717) is 0 Å². The van der Waals surface area contributed by atoms with E-state index in [2.05, 4.69) is 18.3 Å². The summed E-state index contributed by atoms with van der Waals surface area (Å²) in [5, 5.41) is 5.21. The van der Waals surface area contributed by atoms with Gasteiger partial charge >= 0.3 is 0 Å². The average Bonchev–Trinajstić information content (AvgIpc) is 3.12. The molecule has 1 fully saturated rings. The van der Waals surface area contributed by atoms with Gasteiger partial charge in [-0.05, 0) is 25.3 Å². The van der Waals surface area contributed by atoms with Gasteiger partial charge in [-0.15, -0.1) is 11.3 Å². The van der Waals surface area contributed by atoms with Crippen LogP contribution in [0.2, 0.25) is 0 Å². The first-order chi connectivity index (χ1) is 9.80. The Morgan fingerprint density at radius 2 is 2.15 bits per heavy atom. The average molecular weight is 307 g/mol. The zero-order chi connectivity index (χ0) is 13.9. The van der Waals surface area contributed by atoms with E-state index in [1.54, 1.807) is 11.3 Å². The van der Waals surface area contributed by atoms with Gasteiger partial charge in [0, 0.05) is 17.2 Å². The summed E-state index contributed by atoms with van der Waals surface area (Å²) in [4.78, 5) is 12.0. The van der Waals surface area contributed by atoms with E-state index in [1.807, 2.05) is 18.8 Å². The molecule has 20 heavy (non-hydrogen) atoms. The predicted molar refractivity (Wildman–Crippen MR) is 89.9 cm³/mol. The quantitative estimate of drug-likeness (QED) is 0.884. The van der Waals surface area contributed by atoms with Gasteiger partial charge < -0.3 is 5.32 Å². The monoisotopic (exact) mass is 307 g/mol. The van der Waals surface area contributed by atoms with E-state index in [1.165, 1.54) is 35.9 Å². The van der Waals surface area contributed by atoms with Crippen LogP contribution in [0.1, 0.15) is 43.3 Å². The van der Waals surface area contributed by atoms with Crippen molar-refractivity contribution in [2.75, 3.05) is 12.4 Å². The van der Waals surface area contributed by atoms with Crippen LogP contribution in [0.5, 0.6) is 0 Å². The number of nitrogens with one attached hydrogen (secondary N) is 1. The van der Waals surface area contributed by atoms with Crippen molar-refractivity contribution in [2.45, 2.75) is 50.0 Å². The SMILES string of the molecule is CCc1cc2c(NC)nc(CSC3CCCC3)nc2s1. The predicted octanol–water partition coefficient (Wildman–Crippen LogP) is 4.47. The van der Waals surface area contributed by atoms with Crippen LogP contribution < -0.4 is 5.32 Å². The number of anilines is 1. The first-order valence-electron chi connectivity index (χ1n) is 7.39. The van der Waals surface area contributed by atoms with Crippen molar-refractivity contribution < 1.29 is 0 Å². The number of hydrogen-bond donors (Lipinski definition) is 1. The Balaban J connectivity index is 1.83. The molecular weight excluding hydrogens is 286 g/mol. The Morgan fingerprint density at radius 3 is 2.85 bits per heavy atom. The largest absolute Gasteiger partial charge is 0.372 e. The summed E-state index contributed by atoms with van der Waals surface area (Å²) in [6.45, 7) is 2.19. The Morgan fingerprint density at radius 1 is 1.35 bits per heavy atom. The molecule has 108 valence electrons. The van der Waals surface area contributed by atoms with Gasteiger partial charge in [-0.25, -0.2) is 9.97 Å². The minimum atomic E-state index is 0.821. The number of nitrogens with zero attached hydrogens (tertiary/aromatic N) is 2. The Kier molecular flexibility index (Phi) is 4.46. The molecule has 1 saturated carbocycles. The highest BCUT2D eigenvalue weighted by molar-refractivity contribution is 7.99. The van der Waals surface area contributed by atoms with Gasteiger partial charge in [-0.1, -0.05) is 19.8 Å². The van der Waals surface area contributed by atoms with Crippen LogP contribution in [0.15, 0.2) is 6.07 Å². The normalized spacial score (nSPS) is 16.1. The second-order valence-corrected chi connectivity index (χ2v) is 7.64. The highest BCUT2D eigenvalue weighted by Gasteiger charge is 2.17. The van der Waals surface area contributed by atoms with Crippen LogP contribution >= 0.6 is 23.1 Å². The maximum atomic E-state index is 4.76. The minimum Gasteiger partial charge on any atom is -0.372 e. The molecule has 0 atom stereocenters. The maximum Gasteiger partial charge on any atom is 0.142 e. The topological polar surface area (TPSA) is 37.8 Å². The molecule has 0 spiro atoms. The second-order valence-electron chi connectivity index (χ2n) is 5.24. The molecule has 0 aromatic carbocycles. The lowest BCUT2D eigenvalue weighted by atomic mass is 10.3. The second kappa shape index (κ2) is 6.31. The smallest absolute Gasteiger partial charge is 0.142 e. The van der Waals surface area contributed by atoms with Crippen LogP contribution in [0.4, 0.5) is 5.82 Å². The third-order valence-electron chi connectivity index (χ3n) is 3.83. The molecule has 2 aromatic heterocycles. The van der Waals surface area contributed by atoms with Crippen LogP contribution in [0.25, 0.3) is 10.2 Å². The molecule has 0 bridgehead atoms. The van der Waals surface area contributed by atoms with Crippen LogP contribution in [0.3, 0.4) is 0 Å². The van der Waals surface area contributed by atoms with Crippen LogP contribution in [0, 0.1) is 0 Å². The van der Waals surface area contributed by atoms with E-state index in [9.17, 15) is 0 Å². The van der Waals surface area contributed by atoms with E-state index in [-0.39, 0.29) is 0 Å². The van der Waals surface area contributed by atoms with E-state index < -0.39 is 0 Å². The van der Waals surface area contributed by atoms with Crippen molar-refractivity contribution in [1.82, 2.24) is 9.97 Å². The third-order valence-corrected chi connectivity index (χ3v) is 6.37. The molecule has 0 aliphatic heterocycles. The van der Waals surface area contributed by atoms with Crippen LogP contribution in [-0.4, -0.2) is 22.3 Å². The fourth-order valence-corrected chi connectivity index (χ4v) is 4.86. The Labute approximate surface area is 128 Å². The summed E-state index contributed by atoms with van der Waals surface area (Å²) in [5.74, 6) is 2.89. The van der Waals surface area contributed by atoms with Gasteiger partial charge in [0.1, 0.15) is 16.5 Å². The molecule has 0 unspecified atom stereocenters. The molecule has 2 heterocycles. The van der Waals surface area contributed by atoms with Gasteiger partial charge in [-0.3, -0.25) is 0 Å². The lowest BCUT2D eigenvalue weighted by Crippen LogP contribution is -2.01. The molecule has 0 amide bonds. The molecule has 0 saturated heterocycles. The summed E-state index contributed by atoms with van der Waals surface area (Å²) in [7, 11) is 1.94. The number of fused-ring (bicyclic) bond motifs is 1. The molecule has 5 heteroatoms. The molecule has 0 radical (unpaired) electrons. The molecule has 3 nitrogen and oxygen atoms in total. The lowest BCUT2D eigenvalue weighted by Gasteiger charge is -2.09. The number of hydrogen-bond acceptors (Lipinski definition) is 5. The van der Waals surface area contributed by atoms with E-state index in [0.717, 1.165) is 33.9 Å². The van der Waals surface area contributed by atoms with Crippen LogP contribution in [-0.2, 0) is 12.2 Å². The number of thiophene rings is 1. The summed E-state index contributed by atoms with van der Waals surface area (Å²) in [5.41, 5.74) is 0. The summed E-state index contributed by atoms with van der Waals surface area (Å²) in [6, 6.07) is 2.22. The number of rotatable bonds is 5. The van der Waals surface area contributed by atoms with Crippen molar-refractivity contribution in [2.24, 2.45) is 0 Å². The Hall–Kier alpha value is -0.810. The molecule has 1 aliphatic carbocycles. The summed E-state index contributed by atoms with van der Waals surface area (Å²) in [6.07, 6.45) is 6.58. The molecular formula is C15H21N3S2. The third kappa shape index (κ3) is 2.93. The first-order valence-corrected chi connectivity index (χ1v) is 9.25. The fraction of sp³-hybridized carbons (Fsp3) is 0.600. The zero-order valence-electron chi connectivity index (χ0n) is 12.1. The maximum absolute atomic E-state index is 4.76. The lowest BCUT2D eigenvalue weighted by molar-refractivity contribution is 0.886. The number of aromatic nitrogens is 2. The van der Waals surface area contributed by atoms with E-state index in [4.69, 9.17) is 9.97 Å². The van der Waals surface area contributed by atoms with Crippen molar-refractivity contribution in [3.8, 4) is 0 Å². The Bertz CT molecular complexity index is 588.